The van der Waals surface area contributed by atoms with Gasteiger partial charge in [0.05, 0.1) is 42.0 Å². The van der Waals surface area contributed by atoms with Gasteiger partial charge in [-0.05, 0) is 99.7 Å². The number of carbonyl (C=O) groups excluding carboxylic acids is 1. The first-order valence-electron chi connectivity index (χ1n) is 18.1. The van der Waals surface area contributed by atoms with Crippen LogP contribution >= 0.6 is 0 Å². The molecule has 12 heteroatoms. The predicted octanol–water partition coefficient (Wildman–Crippen LogP) is 0.845. The molecule has 0 unspecified atom stereocenters. The first kappa shape index (κ1) is 38.3. The summed E-state index contributed by atoms with van der Waals surface area (Å²) in [6.07, 6.45) is -7.13. The van der Waals surface area contributed by atoms with Crippen molar-refractivity contribution in [3.8, 4) is 0 Å². The Labute approximate surface area is 284 Å². The molecule has 1 aliphatic heterocycles. The highest BCUT2D eigenvalue weighted by Crippen LogP contribution is 2.74. The zero-order valence-corrected chi connectivity index (χ0v) is 29.7. The molecule has 0 bridgehead atoms. The van der Waals surface area contributed by atoms with E-state index in [4.69, 9.17) is 9.47 Å². The summed E-state index contributed by atoms with van der Waals surface area (Å²) in [5.74, 6) is -0.971. The average molecular weight is 687 g/mol. The second-order valence-electron chi connectivity index (χ2n) is 17.7. The van der Waals surface area contributed by atoms with Crippen LogP contribution in [-0.4, -0.2) is 119 Å². The lowest BCUT2D eigenvalue weighted by atomic mass is 9.37. The van der Waals surface area contributed by atoms with Crippen molar-refractivity contribution in [3.63, 3.8) is 0 Å². The number of ether oxygens (including phenoxy) is 2. The molecule has 4 aliphatic carbocycles. The monoisotopic (exact) mass is 686 g/mol. The Balaban J connectivity index is 1.39. The maximum absolute atomic E-state index is 14.1. The highest BCUT2D eigenvalue weighted by Gasteiger charge is 2.71. The summed E-state index contributed by atoms with van der Waals surface area (Å²) >= 11 is 0. The normalized spacial score (nSPS) is 51.2. The highest BCUT2D eigenvalue weighted by molar-refractivity contribution is 5.78. The number of hydrogen-bond donors (Lipinski definition) is 9. The molecule has 0 aromatic carbocycles. The third-order valence-corrected chi connectivity index (χ3v) is 15.3. The Morgan fingerprint density at radius 3 is 2.10 bits per heavy atom. The van der Waals surface area contributed by atoms with E-state index in [-0.39, 0.29) is 47.3 Å². The average Bonchev–Trinajstić information content (AvgIpc) is 3.30. The second-order valence-corrected chi connectivity index (χ2v) is 17.7. The molecule has 9 N–H and O–H groups in total. The molecule has 0 spiro atoms. The first-order chi connectivity index (χ1) is 22.1. The largest absolute Gasteiger partial charge is 0.432 e. The second kappa shape index (κ2) is 12.9. The van der Waals surface area contributed by atoms with Crippen molar-refractivity contribution < 1.29 is 60.2 Å². The maximum atomic E-state index is 14.1. The van der Waals surface area contributed by atoms with Gasteiger partial charge in [-0.25, -0.2) is 0 Å². The summed E-state index contributed by atoms with van der Waals surface area (Å²) < 4.78 is 11.1. The van der Waals surface area contributed by atoms with Gasteiger partial charge < -0.3 is 55.4 Å². The van der Waals surface area contributed by atoms with Crippen molar-refractivity contribution in [3.05, 3.63) is 0 Å². The van der Waals surface area contributed by atoms with Crippen molar-refractivity contribution >= 4 is 5.97 Å². The van der Waals surface area contributed by atoms with Gasteiger partial charge in [-0.3, -0.25) is 4.79 Å². The molecule has 1 heterocycles. The number of aliphatic hydroxyl groups excluding tert-OH is 8. The van der Waals surface area contributed by atoms with Gasteiger partial charge in [-0.2, -0.15) is 0 Å². The summed E-state index contributed by atoms with van der Waals surface area (Å²) in [5.41, 5.74) is -3.79. The van der Waals surface area contributed by atoms with Gasteiger partial charge >= 0.3 is 5.97 Å². The molecule has 5 fully saturated rings. The third kappa shape index (κ3) is 5.60. The zero-order valence-electron chi connectivity index (χ0n) is 29.7. The van der Waals surface area contributed by atoms with Crippen LogP contribution < -0.4 is 0 Å². The Kier molecular flexibility index (Phi) is 10.3. The minimum atomic E-state index is -1.77. The molecular formula is C36H62O12. The Morgan fingerprint density at radius 2 is 1.50 bits per heavy atom. The molecule has 5 rings (SSSR count). The zero-order chi connectivity index (χ0) is 35.9. The van der Waals surface area contributed by atoms with E-state index in [0.29, 0.717) is 6.42 Å². The van der Waals surface area contributed by atoms with Gasteiger partial charge in [0, 0.05) is 18.3 Å². The summed E-state index contributed by atoms with van der Waals surface area (Å²) in [5, 5.41) is 96.0. The lowest BCUT2D eigenvalue weighted by molar-refractivity contribution is -0.303. The van der Waals surface area contributed by atoms with Gasteiger partial charge in [0.15, 0.2) is 0 Å². The van der Waals surface area contributed by atoms with Crippen LogP contribution in [0.25, 0.3) is 0 Å². The number of esters is 1. The SMILES string of the molecule is C[C@H]([C@@H](O)C[C@@H](O)C(C)(C)O)[C@@H]1CC[C@]2(C)[C@H]3CC[C@H]4[C@](C)(C(=O)O[C@H]5O[C@@H](CO)[C@H](O)[C@@H](O)[C@@H]5O)[C@@H](O)C[C@@H](O)[C@@]4(C)[C@@H]3CC[C@@]12C. The summed E-state index contributed by atoms with van der Waals surface area (Å²) in [6, 6.07) is 0. The van der Waals surface area contributed by atoms with Crippen LogP contribution in [0, 0.1) is 51.2 Å². The summed E-state index contributed by atoms with van der Waals surface area (Å²) in [6.45, 7) is 12.8. The number of hydrogen-bond acceptors (Lipinski definition) is 12. The van der Waals surface area contributed by atoms with Crippen molar-refractivity contribution in [1.82, 2.24) is 0 Å². The molecule has 0 aromatic heterocycles. The summed E-state index contributed by atoms with van der Waals surface area (Å²) in [7, 11) is 0. The van der Waals surface area contributed by atoms with Gasteiger partial charge in [-0.1, -0.05) is 27.7 Å². The summed E-state index contributed by atoms with van der Waals surface area (Å²) in [4.78, 5) is 14.1. The van der Waals surface area contributed by atoms with E-state index in [1.807, 2.05) is 13.8 Å². The maximum Gasteiger partial charge on any atom is 0.317 e. The fourth-order valence-corrected chi connectivity index (χ4v) is 11.7. The molecule has 48 heavy (non-hydrogen) atoms. The van der Waals surface area contributed by atoms with E-state index in [1.54, 1.807) is 20.8 Å². The fraction of sp³-hybridized carbons (Fsp3) is 0.972. The van der Waals surface area contributed by atoms with Crippen LogP contribution in [0.2, 0.25) is 0 Å². The molecule has 0 radical (unpaired) electrons. The minimum absolute atomic E-state index is 0.0344. The molecule has 4 saturated carbocycles. The number of rotatable bonds is 8. The Morgan fingerprint density at radius 1 is 0.875 bits per heavy atom. The van der Waals surface area contributed by atoms with Crippen LogP contribution in [0.4, 0.5) is 0 Å². The van der Waals surface area contributed by atoms with Crippen LogP contribution in [0.1, 0.15) is 99.8 Å². The van der Waals surface area contributed by atoms with Gasteiger partial charge in [-0.15, -0.1) is 0 Å². The molecule has 12 nitrogen and oxygen atoms in total. The van der Waals surface area contributed by atoms with Crippen LogP contribution in [0.15, 0.2) is 0 Å². The van der Waals surface area contributed by atoms with Crippen molar-refractivity contribution in [2.24, 2.45) is 51.2 Å². The predicted molar refractivity (Wildman–Crippen MR) is 173 cm³/mol. The molecule has 1 saturated heterocycles. The molecule has 5 aliphatic rings. The Hall–Kier alpha value is -0.930. The molecule has 18 atom stereocenters. The van der Waals surface area contributed by atoms with Crippen molar-refractivity contribution in [2.45, 2.75) is 161 Å². The van der Waals surface area contributed by atoms with E-state index in [1.165, 1.54) is 0 Å². The van der Waals surface area contributed by atoms with Crippen molar-refractivity contribution in [1.29, 1.82) is 0 Å². The smallest absolute Gasteiger partial charge is 0.317 e. The van der Waals surface area contributed by atoms with Gasteiger partial charge in [0.25, 0.3) is 0 Å². The highest BCUT2D eigenvalue weighted by atomic mass is 16.7. The lowest BCUT2D eigenvalue weighted by Gasteiger charge is -2.68. The number of aliphatic hydroxyl groups is 9. The van der Waals surface area contributed by atoms with Crippen LogP contribution in [0.5, 0.6) is 0 Å². The van der Waals surface area contributed by atoms with Crippen LogP contribution in [0.3, 0.4) is 0 Å². The first-order valence-corrected chi connectivity index (χ1v) is 18.1. The van der Waals surface area contributed by atoms with E-state index in [2.05, 4.69) is 13.8 Å². The standard InChI is InChI=1S/C36H62O12/c1-17(21(38)14-24(39)32(2,3)46)18-10-12-34(5)19-8-9-23-35(6,20(19)11-13-33(18,34)4)25(40)15-26(41)36(23,7)31(45)48-30-29(44)28(43)27(42)22(16-37)47-30/h17-30,37-44,46H,8-16H2,1-7H3/t17-,18-,19-,20+,21-,22-,23+,24+,25+,26-,27-,28+,29-,30+,33-,34+,35-,36-/m0/s1. The van der Waals surface area contributed by atoms with E-state index < -0.39 is 90.0 Å². The van der Waals surface area contributed by atoms with Gasteiger partial charge in [0.2, 0.25) is 6.29 Å². The third-order valence-electron chi connectivity index (χ3n) is 15.3. The van der Waals surface area contributed by atoms with E-state index in [9.17, 15) is 50.8 Å². The number of fused-ring (bicyclic) bond motifs is 5. The molecule has 0 amide bonds. The molecule has 0 aromatic rings. The van der Waals surface area contributed by atoms with Crippen LogP contribution in [-0.2, 0) is 14.3 Å². The fourth-order valence-electron chi connectivity index (χ4n) is 11.7. The van der Waals surface area contributed by atoms with Crippen molar-refractivity contribution in [2.75, 3.05) is 6.61 Å². The van der Waals surface area contributed by atoms with E-state index in [0.717, 1.165) is 32.1 Å². The molecule has 278 valence electrons. The van der Waals surface area contributed by atoms with Gasteiger partial charge in [0.1, 0.15) is 24.4 Å². The lowest BCUT2D eigenvalue weighted by Crippen LogP contribution is -2.68. The number of carbonyl (C=O) groups is 1. The Bertz CT molecular complexity index is 1180. The molecular weight excluding hydrogens is 624 g/mol. The quantitative estimate of drug-likeness (QED) is 0.162. The van der Waals surface area contributed by atoms with E-state index >= 15 is 0 Å². The minimum Gasteiger partial charge on any atom is -0.432 e. The topological polar surface area (TPSA) is 218 Å².